The van der Waals surface area contributed by atoms with E-state index in [1.54, 1.807) is 17.7 Å². The van der Waals surface area contributed by atoms with Crippen LogP contribution in [0.3, 0.4) is 0 Å². The molecule has 0 aliphatic carbocycles. The molecule has 7 heteroatoms. The molecule has 7 nitrogen and oxygen atoms in total. The summed E-state index contributed by atoms with van der Waals surface area (Å²) in [6.07, 6.45) is 3.95. The third-order valence-electron chi connectivity index (χ3n) is 4.58. The van der Waals surface area contributed by atoms with Gasteiger partial charge in [-0.3, -0.25) is 4.79 Å². The van der Waals surface area contributed by atoms with Crippen LogP contribution in [-0.4, -0.2) is 32.6 Å². The lowest BCUT2D eigenvalue weighted by atomic mass is 9.97. The van der Waals surface area contributed by atoms with Crippen LogP contribution in [0.5, 0.6) is 0 Å². The van der Waals surface area contributed by atoms with Crippen molar-refractivity contribution >= 4 is 22.6 Å². The first-order valence-corrected chi connectivity index (χ1v) is 8.78. The number of nitrogens with zero attached hydrogens (tertiary/aromatic N) is 3. The molecule has 1 amide bonds. The van der Waals surface area contributed by atoms with Crippen LogP contribution in [0.25, 0.3) is 10.8 Å². The van der Waals surface area contributed by atoms with Gasteiger partial charge in [0.05, 0.1) is 18.5 Å². The van der Waals surface area contributed by atoms with Gasteiger partial charge < -0.3 is 21.1 Å². The molecule has 0 unspecified atom stereocenters. The molecule has 0 saturated heterocycles. The van der Waals surface area contributed by atoms with Crippen molar-refractivity contribution in [3.63, 3.8) is 0 Å². The third kappa shape index (κ3) is 4.32. The quantitative estimate of drug-likeness (QED) is 0.456. The average molecular weight is 365 g/mol. The fraction of sp³-hybridized carbons (Fsp3) is 0.250. The summed E-state index contributed by atoms with van der Waals surface area (Å²) in [4.78, 5) is 19.5. The van der Waals surface area contributed by atoms with Crippen LogP contribution in [0.15, 0.2) is 60.0 Å². The second-order valence-electron chi connectivity index (χ2n) is 6.53. The number of aryl methyl sites for hydroxylation is 1. The van der Waals surface area contributed by atoms with Crippen LogP contribution in [0.4, 0.5) is 0 Å². The smallest absolute Gasteiger partial charge is 0.300 e. The van der Waals surface area contributed by atoms with Gasteiger partial charge in [0.15, 0.2) is 5.96 Å². The summed E-state index contributed by atoms with van der Waals surface area (Å²) < 4.78 is 1.74. The summed E-state index contributed by atoms with van der Waals surface area (Å²) in [6.45, 7) is 1.73. The Bertz CT molecular complexity index is 968. The number of aliphatic imine (C=N–C) groups is 1. The highest BCUT2D eigenvalue weighted by Crippen LogP contribution is 2.24. The highest BCUT2D eigenvalue weighted by atomic mass is 16.3. The van der Waals surface area contributed by atoms with Crippen molar-refractivity contribution in [3.05, 3.63) is 66.2 Å². The van der Waals surface area contributed by atoms with Crippen molar-refractivity contribution in [2.24, 2.45) is 16.5 Å². The number of benzene rings is 2. The molecule has 3 aromatic rings. The molecule has 1 heterocycles. The third-order valence-corrected chi connectivity index (χ3v) is 4.58. The zero-order valence-electron chi connectivity index (χ0n) is 15.1. The molecule has 2 atom stereocenters. The Morgan fingerprint density at radius 1 is 1.22 bits per heavy atom. The lowest BCUT2D eigenvalue weighted by molar-refractivity contribution is 0.0997. The summed E-state index contributed by atoms with van der Waals surface area (Å²) in [5.41, 5.74) is 11.8. The number of carbonyl (C=O) groups is 1. The van der Waals surface area contributed by atoms with Gasteiger partial charge in [0.25, 0.3) is 5.91 Å². The first kappa shape index (κ1) is 18.6. The molecule has 0 aliphatic rings. The van der Waals surface area contributed by atoms with Crippen molar-refractivity contribution in [1.82, 2.24) is 9.55 Å². The minimum Gasteiger partial charge on any atom is -0.391 e. The van der Waals surface area contributed by atoms with Crippen molar-refractivity contribution in [2.75, 3.05) is 0 Å². The number of rotatable bonds is 6. The van der Waals surface area contributed by atoms with Crippen LogP contribution in [-0.2, 0) is 6.42 Å². The summed E-state index contributed by atoms with van der Waals surface area (Å²) in [5, 5.41) is 12.6. The maximum atomic E-state index is 11.9. The Labute approximate surface area is 157 Å². The molecule has 0 fully saturated rings. The number of imidazole rings is 1. The number of hydrogen-bond acceptors (Lipinski definition) is 3. The van der Waals surface area contributed by atoms with E-state index in [0.717, 1.165) is 6.42 Å². The molecule has 0 spiro atoms. The number of fused-ring (bicyclic) bond motifs is 1. The minimum atomic E-state index is -0.611. The number of guanidine groups is 1. The largest absolute Gasteiger partial charge is 0.391 e. The number of amides is 1. The molecule has 3 rings (SSSR count). The number of aromatic nitrogens is 2. The topological polar surface area (TPSA) is 120 Å². The molecular formula is C20H23N5O2. The van der Waals surface area contributed by atoms with Gasteiger partial charge >= 0.3 is 0 Å². The van der Waals surface area contributed by atoms with E-state index >= 15 is 0 Å². The van der Waals surface area contributed by atoms with Gasteiger partial charge in [-0.05, 0) is 36.1 Å². The molecule has 27 heavy (non-hydrogen) atoms. The van der Waals surface area contributed by atoms with Crippen molar-refractivity contribution < 1.29 is 9.90 Å². The van der Waals surface area contributed by atoms with Crippen molar-refractivity contribution in [1.29, 1.82) is 0 Å². The molecule has 1 aromatic heterocycles. The molecule has 0 radical (unpaired) electrons. The Morgan fingerprint density at radius 3 is 2.70 bits per heavy atom. The van der Waals surface area contributed by atoms with E-state index in [1.165, 1.54) is 22.7 Å². The van der Waals surface area contributed by atoms with Crippen LogP contribution in [0, 0.1) is 0 Å². The van der Waals surface area contributed by atoms with Gasteiger partial charge in [-0.2, -0.15) is 4.99 Å². The Morgan fingerprint density at radius 2 is 1.96 bits per heavy atom. The van der Waals surface area contributed by atoms with Gasteiger partial charge in [0, 0.05) is 6.20 Å². The van der Waals surface area contributed by atoms with Gasteiger partial charge in [0.1, 0.15) is 5.69 Å². The molecule has 0 saturated carbocycles. The fourth-order valence-electron chi connectivity index (χ4n) is 3.26. The Kier molecular flexibility index (Phi) is 5.52. The molecular weight excluding hydrogens is 342 g/mol. The zero-order chi connectivity index (χ0) is 19.4. The van der Waals surface area contributed by atoms with Crippen LogP contribution in [0.1, 0.15) is 35.4 Å². The summed E-state index contributed by atoms with van der Waals surface area (Å²) in [7, 11) is 0. The first-order valence-electron chi connectivity index (χ1n) is 8.78. The normalized spacial score (nSPS) is 13.3. The fourth-order valence-corrected chi connectivity index (χ4v) is 3.26. The van der Waals surface area contributed by atoms with E-state index in [2.05, 4.69) is 34.2 Å². The Balaban J connectivity index is 1.80. The van der Waals surface area contributed by atoms with E-state index in [0.29, 0.717) is 6.42 Å². The van der Waals surface area contributed by atoms with Gasteiger partial charge in [-0.15, -0.1) is 0 Å². The van der Waals surface area contributed by atoms with Gasteiger partial charge in [0.2, 0.25) is 0 Å². The van der Waals surface area contributed by atoms with E-state index in [4.69, 9.17) is 11.5 Å². The molecule has 0 aliphatic heterocycles. The average Bonchev–Trinajstić information content (AvgIpc) is 3.11. The minimum absolute atomic E-state index is 0.138. The number of hydrogen-bond donors (Lipinski definition) is 3. The summed E-state index contributed by atoms with van der Waals surface area (Å²) in [6, 6.07) is 14.2. The number of aliphatic hydroxyl groups is 1. The van der Waals surface area contributed by atoms with E-state index in [9.17, 15) is 9.90 Å². The second-order valence-corrected chi connectivity index (χ2v) is 6.53. The zero-order valence-corrected chi connectivity index (χ0v) is 15.1. The summed E-state index contributed by atoms with van der Waals surface area (Å²) >= 11 is 0. The first-order chi connectivity index (χ1) is 13.0. The predicted octanol–water partition coefficient (Wildman–Crippen LogP) is 2.00. The van der Waals surface area contributed by atoms with Crippen molar-refractivity contribution in [2.45, 2.75) is 31.9 Å². The highest BCUT2D eigenvalue weighted by Gasteiger charge is 2.19. The standard InChI is InChI=1S/C20H23N5O2/c1-13(26)18(25-11-17(23-12-25)19(27)24-20(21)22)10-9-15-7-4-6-14-5-2-3-8-16(14)15/h2-8,11-13,18,26H,9-10H2,1H3,(H4,21,22,24,27)/t13-,18+/m0/s1. The maximum Gasteiger partial charge on any atom is 0.300 e. The SMILES string of the molecule is C[C@H](O)[C@@H](CCc1cccc2ccccc12)n1cnc(C(=O)N=C(N)N)c1. The molecule has 0 bridgehead atoms. The lowest BCUT2D eigenvalue weighted by Crippen LogP contribution is -2.24. The lowest BCUT2D eigenvalue weighted by Gasteiger charge is -2.21. The van der Waals surface area contributed by atoms with E-state index in [1.807, 2.05) is 18.2 Å². The molecule has 140 valence electrons. The van der Waals surface area contributed by atoms with Crippen LogP contribution in [0.2, 0.25) is 0 Å². The van der Waals surface area contributed by atoms with Crippen LogP contribution >= 0.6 is 0 Å². The van der Waals surface area contributed by atoms with E-state index in [-0.39, 0.29) is 17.7 Å². The van der Waals surface area contributed by atoms with Crippen LogP contribution < -0.4 is 11.5 Å². The predicted molar refractivity (Wildman–Crippen MR) is 105 cm³/mol. The highest BCUT2D eigenvalue weighted by molar-refractivity contribution is 6.00. The Hall–Kier alpha value is -3.19. The number of aliphatic hydroxyl groups excluding tert-OH is 1. The number of carbonyl (C=O) groups excluding carboxylic acids is 1. The molecule has 2 aromatic carbocycles. The monoisotopic (exact) mass is 365 g/mol. The van der Waals surface area contributed by atoms with Gasteiger partial charge in [-0.1, -0.05) is 42.5 Å². The maximum absolute atomic E-state index is 11.9. The second kappa shape index (κ2) is 8.01. The van der Waals surface area contributed by atoms with Crippen molar-refractivity contribution in [3.8, 4) is 0 Å². The van der Waals surface area contributed by atoms with E-state index < -0.39 is 12.0 Å². The number of nitrogens with two attached hydrogens (primary N) is 2. The molecule has 5 N–H and O–H groups in total. The van der Waals surface area contributed by atoms with Gasteiger partial charge in [-0.25, -0.2) is 4.98 Å². The summed E-state index contributed by atoms with van der Waals surface area (Å²) in [5.74, 6) is -0.912.